The first-order valence-corrected chi connectivity index (χ1v) is 20.1. The zero-order chi connectivity index (χ0) is 37.1. The van der Waals surface area contributed by atoms with Crippen LogP contribution >= 0.6 is 0 Å². The largest absolute Gasteiger partial charge is 0.309 e. The number of para-hydroxylation sites is 2. The van der Waals surface area contributed by atoms with Gasteiger partial charge in [0.15, 0.2) is 0 Å². The minimum atomic E-state index is -0.00781. The molecular formula is C54H42N2. The van der Waals surface area contributed by atoms with E-state index in [1.807, 2.05) is 0 Å². The van der Waals surface area contributed by atoms with Gasteiger partial charge >= 0.3 is 0 Å². The Bertz CT molecular complexity index is 2810. The molecule has 1 aliphatic carbocycles. The quantitative estimate of drug-likeness (QED) is 0.162. The Morgan fingerprint density at radius 3 is 1.14 bits per heavy atom. The number of benzene rings is 8. The van der Waals surface area contributed by atoms with Crippen LogP contribution in [0.5, 0.6) is 0 Å². The summed E-state index contributed by atoms with van der Waals surface area (Å²) >= 11 is 0. The van der Waals surface area contributed by atoms with Gasteiger partial charge in [0.2, 0.25) is 0 Å². The SMILES string of the molecule is c1ccc(-c2ccc3c(c2)c2ccccc2n3-c2ccc(C3(c4ccc(-n5c6ccccc6c6cc(-c7ccccc7)ccc65)cc4)CCCCC3)cc2)cc1. The number of fused-ring (bicyclic) bond motifs is 6. The highest BCUT2D eigenvalue weighted by Crippen LogP contribution is 2.46. The molecule has 2 nitrogen and oxygen atoms in total. The second-order valence-corrected chi connectivity index (χ2v) is 15.6. The minimum Gasteiger partial charge on any atom is -0.309 e. The van der Waals surface area contributed by atoms with Gasteiger partial charge in [0.25, 0.3) is 0 Å². The molecule has 0 unspecified atom stereocenters. The summed E-state index contributed by atoms with van der Waals surface area (Å²) in [6, 6.07) is 72.1. The lowest BCUT2D eigenvalue weighted by Crippen LogP contribution is -2.30. The zero-order valence-corrected chi connectivity index (χ0v) is 31.4. The van der Waals surface area contributed by atoms with Crippen LogP contribution in [0.4, 0.5) is 0 Å². The van der Waals surface area contributed by atoms with Crippen LogP contribution in [0.15, 0.2) is 194 Å². The fourth-order valence-electron chi connectivity index (χ4n) is 9.88. The number of rotatable bonds is 6. The van der Waals surface area contributed by atoms with Gasteiger partial charge in [-0.15, -0.1) is 0 Å². The van der Waals surface area contributed by atoms with Crippen molar-refractivity contribution in [2.75, 3.05) is 0 Å². The van der Waals surface area contributed by atoms with Gasteiger partial charge in [0.1, 0.15) is 0 Å². The van der Waals surface area contributed by atoms with Gasteiger partial charge in [-0.3, -0.25) is 0 Å². The Morgan fingerprint density at radius 2 is 0.696 bits per heavy atom. The van der Waals surface area contributed by atoms with Crippen LogP contribution in [0, 0.1) is 0 Å². The Kier molecular flexibility index (Phi) is 7.77. The first-order valence-electron chi connectivity index (χ1n) is 20.1. The van der Waals surface area contributed by atoms with Crippen molar-refractivity contribution in [1.82, 2.24) is 9.13 Å². The number of hydrogen-bond donors (Lipinski definition) is 0. The van der Waals surface area contributed by atoms with Crippen LogP contribution in [-0.4, -0.2) is 9.13 Å². The molecular weight excluding hydrogens is 677 g/mol. The van der Waals surface area contributed by atoms with E-state index in [4.69, 9.17) is 0 Å². The molecule has 8 aromatic carbocycles. The molecule has 1 fully saturated rings. The van der Waals surface area contributed by atoms with Gasteiger partial charge in [0.05, 0.1) is 22.1 Å². The minimum absolute atomic E-state index is 0.00781. The lowest BCUT2D eigenvalue weighted by atomic mass is 9.65. The molecule has 0 amide bonds. The summed E-state index contributed by atoms with van der Waals surface area (Å²) in [4.78, 5) is 0. The Balaban J connectivity index is 0.977. The fourth-order valence-corrected chi connectivity index (χ4v) is 9.88. The van der Waals surface area contributed by atoms with E-state index in [-0.39, 0.29) is 5.41 Å². The zero-order valence-electron chi connectivity index (χ0n) is 31.4. The van der Waals surface area contributed by atoms with E-state index in [1.165, 1.54) is 120 Å². The molecule has 2 aromatic heterocycles. The normalized spacial score (nSPS) is 14.2. The van der Waals surface area contributed by atoms with Crippen molar-refractivity contribution in [2.24, 2.45) is 0 Å². The molecule has 56 heavy (non-hydrogen) atoms. The summed E-state index contributed by atoms with van der Waals surface area (Å²) in [5.41, 5.74) is 15.2. The average molecular weight is 719 g/mol. The van der Waals surface area contributed by atoms with Crippen molar-refractivity contribution < 1.29 is 0 Å². The molecule has 1 saturated carbocycles. The van der Waals surface area contributed by atoms with Gasteiger partial charge in [-0.1, -0.05) is 153 Å². The van der Waals surface area contributed by atoms with Crippen LogP contribution in [0.3, 0.4) is 0 Å². The summed E-state index contributed by atoms with van der Waals surface area (Å²) in [6.07, 6.45) is 6.13. The number of hydrogen-bond acceptors (Lipinski definition) is 0. The van der Waals surface area contributed by atoms with Crippen molar-refractivity contribution in [3.05, 3.63) is 205 Å². The summed E-state index contributed by atoms with van der Waals surface area (Å²) in [5.74, 6) is 0. The van der Waals surface area contributed by atoms with Crippen molar-refractivity contribution >= 4 is 43.6 Å². The monoisotopic (exact) mass is 718 g/mol. The molecule has 11 rings (SSSR count). The molecule has 1 aliphatic rings. The third-order valence-corrected chi connectivity index (χ3v) is 12.6. The summed E-state index contributed by atoms with van der Waals surface area (Å²) in [7, 11) is 0. The first-order chi connectivity index (χ1) is 27.7. The van der Waals surface area contributed by atoms with Gasteiger partial charge in [-0.05, 0) is 107 Å². The van der Waals surface area contributed by atoms with Crippen LogP contribution < -0.4 is 0 Å². The van der Waals surface area contributed by atoms with Gasteiger partial charge in [0, 0.05) is 38.3 Å². The van der Waals surface area contributed by atoms with Gasteiger partial charge in [-0.25, -0.2) is 0 Å². The molecule has 0 spiro atoms. The lowest BCUT2D eigenvalue weighted by Gasteiger charge is -2.39. The van der Waals surface area contributed by atoms with Crippen molar-refractivity contribution in [3.63, 3.8) is 0 Å². The Morgan fingerprint density at radius 1 is 0.304 bits per heavy atom. The van der Waals surface area contributed by atoms with E-state index in [0.29, 0.717) is 0 Å². The highest BCUT2D eigenvalue weighted by Gasteiger charge is 2.36. The van der Waals surface area contributed by atoms with Gasteiger partial charge < -0.3 is 9.13 Å². The van der Waals surface area contributed by atoms with Crippen molar-refractivity contribution in [3.8, 4) is 33.6 Å². The molecule has 0 atom stereocenters. The van der Waals surface area contributed by atoms with E-state index in [2.05, 4.69) is 203 Å². The molecule has 0 saturated heterocycles. The van der Waals surface area contributed by atoms with E-state index in [0.717, 1.165) is 0 Å². The van der Waals surface area contributed by atoms with Crippen LogP contribution in [0.25, 0.3) is 77.2 Å². The second-order valence-electron chi connectivity index (χ2n) is 15.6. The Hall–Kier alpha value is -6.64. The topological polar surface area (TPSA) is 9.86 Å². The smallest absolute Gasteiger partial charge is 0.0541 e. The number of nitrogens with zero attached hydrogens (tertiary/aromatic N) is 2. The van der Waals surface area contributed by atoms with Crippen molar-refractivity contribution in [2.45, 2.75) is 37.5 Å². The molecule has 0 N–H and O–H groups in total. The second kappa shape index (κ2) is 13.3. The lowest BCUT2D eigenvalue weighted by molar-refractivity contribution is 0.346. The highest BCUT2D eigenvalue weighted by molar-refractivity contribution is 6.11. The third kappa shape index (κ3) is 5.24. The Labute approximate surface area is 327 Å². The van der Waals surface area contributed by atoms with E-state index in [9.17, 15) is 0 Å². The maximum Gasteiger partial charge on any atom is 0.0541 e. The summed E-state index contributed by atoms with van der Waals surface area (Å²) < 4.78 is 4.89. The molecule has 268 valence electrons. The standard InChI is InChI=1S/C54H42N2/c1-4-14-38(15-5-1)40-22-32-52-48(36-40)46-18-8-10-20-50(46)55(52)44-28-24-42(25-29-44)54(34-12-3-13-35-54)43-26-30-45(31-27-43)56-51-21-11-9-19-47(51)49-37-41(23-33-53(49)56)39-16-6-2-7-17-39/h1-2,4-11,14-33,36-37H,3,12-13,34-35H2. The number of aromatic nitrogens is 2. The fraction of sp³-hybridized carbons (Fsp3) is 0.111. The predicted molar refractivity (Wildman–Crippen MR) is 236 cm³/mol. The van der Waals surface area contributed by atoms with Crippen LogP contribution in [-0.2, 0) is 5.41 Å². The average Bonchev–Trinajstić information content (AvgIpc) is 3.79. The maximum absolute atomic E-state index is 2.44. The molecule has 2 heterocycles. The van der Waals surface area contributed by atoms with Crippen LogP contribution in [0.2, 0.25) is 0 Å². The molecule has 0 bridgehead atoms. The van der Waals surface area contributed by atoms with E-state index in [1.54, 1.807) is 0 Å². The maximum atomic E-state index is 2.44. The van der Waals surface area contributed by atoms with Crippen molar-refractivity contribution in [1.29, 1.82) is 0 Å². The first kappa shape index (κ1) is 32.8. The molecule has 10 aromatic rings. The third-order valence-electron chi connectivity index (χ3n) is 12.6. The van der Waals surface area contributed by atoms with Crippen LogP contribution in [0.1, 0.15) is 43.2 Å². The highest BCUT2D eigenvalue weighted by atomic mass is 15.0. The van der Waals surface area contributed by atoms with E-state index < -0.39 is 0 Å². The molecule has 2 heteroatoms. The van der Waals surface area contributed by atoms with Gasteiger partial charge in [-0.2, -0.15) is 0 Å². The summed E-state index contributed by atoms with van der Waals surface area (Å²) in [5, 5.41) is 5.14. The molecule has 0 radical (unpaired) electrons. The predicted octanol–water partition coefficient (Wildman–Crippen LogP) is 14.5. The van der Waals surface area contributed by atoms with E-state index >= 15 is 0 Å². The summed E-state index contributed by atoms with van der Waals surface area (Å²) in [6.45, 7) is 0. The molecule has 0 aliphatic heterocycles.